The molecule has 0 heterocycles. The Labute approximate surface area is 112 Å². The maximum atomic E-state index is 11.3. The van der Waals surface area contributed by atoms with Crippen molar-refractivity contribution in [2.75, 3.05) is 0 Å². The van der Waals surface area contributed by atoms with Crippen molar-refractivity contribution in [1.82, 2.24) is 0 Å². The van der Waals surface area contributed by atoms with Crippen LogP contribution in [0.4, 0.5) is 0 Å². The number of rotatable bonds is 4. The smallest absolute Gasteiger partial charge is 0.176 e. The molecule has 0 spiro atoms. The van der Waals surface area contributed by atoms with E-state index >= 15 is 0 Å². The summed E-state index contributed by atoms with van der Waals surface area (Å²) in [6, 6.07) is 0. The van der Waals surface area contributed by atoms with Crippen LogP contribution in [0.25, 0.3) is 0 Å². The maximum absolute atomic E-state index is 11.3. The number of hydrogen-bond donors (Lipinski definition) is 0. The SMILES string of the molecule is O=C(C(Cl)C=C(Cl)Cl)C(Cl)C=C(Cl)Cl. The van der Waals surface area contributed by atoms with Gasteiger partial charge in [-0.2, -0.15) is 0 Å². The summed E-state index contributed by atoms with van der Waals surface area (Å²) in [6.07, 6.45) is 2.30. The second-order valence-electron chi connectivity index (χ2n) is 2.12. The molecule has 0 saturated heterocycles. The van der Waals surface area contributed by atoms with Gasteiger partial charge in [0.05, 0.1) is 0 Å². The molecule has 0 aliphatic carbocycles. The molecule has 7 heteroatoms. The van der Waals surface area contributed by atoms with E-state index in [1.54, 1.807) is 0 Å². The molecule has 0 radical (unpaired) electrons. The van der Waals surface area contributed by atoms with Crippen LogP contribution in [-0.4, -0.2) is 16.5 Å². The van der Waals surface area contributed by atoms with Crippen molar-refractivity contribution in [2.24, 2.45) is 0 Å². The quantitative estimate of drug-likeness (QED) is 0.702. The lowest BCUT2D eigenvalue weighted by Gasteiger charge is -2.05. The van der Waals surface area contributed by atoms with E-state index < -0.39 is 16.5 Å². The van der Waals surface area contributed by atoms with Gasteiger partial charge >= 0.3 is 0 Å². The molecule has 80 valence electrons. The topological polar surface area (TPSA) is 17.1 Å². The maximum Gasteiger partial charge on any atom is 0.176 e. The average molecular weight is 317 g/mol. The van der Waals surface area contributed by atoms with E-state index in [1.165, 1.54) is 0 Å². The summed E-state index contributed by atoms with van der Waals surface area (Å²) >= 11 is 32.4. The fourth-order valence-corrected chi connectivity index (χ4v) is 1.89. The van der Waals surface area contributed by atoms with Gasteiger partial charge in [0.15, 0.2) is 5.78 Å². The molecule has 0 aromatic heterocycles. The predicted octanol–water partition coefficient (Wildman–Crippen LogP) is 4.41. The lowest BCUT2D eigenvalue weighted by atomic mass is 10.2. The molecule has 2 atom stereocenters. The molecule has 0 aliphatic rings. The van der Waals surface area contributed by atoms with E-state index in [0.29, 0.717) is 0 Å². The van der Waals surface area contributed by atoms with E-state index in [-0.39, 0.29) is 8.98 Å². The van der Waals surface area contributed by atoms with Crippen LogP contribution in [0.1, 0.15) is 0 Å². The Bertz CT molecular complexity index is 237. The molecule has 0 aromatic rings. The van der Waals surface area contributed by atoms with Gasteiger partial charge in [-0.3, -0.25) is 4.79 Å². The minimum absolute atomic E-state index is 0.108. The van der Waals surface area contributed by atoms with Crippen molar-refractivity contribution in [3.63, 3.8) is 0 Å². The summed E-state index contributed by atoms with van der Waals surface area (Å²) in [5, 5.41) is -2.02. The highest BCUT2D eigenvalue weighted by molar-refractivity contribution is 6.57. The van der Waals surface area contributed by atoms with Gasteiger partial charge in [-0.1, -0.05) is 46.4 Å². The van der Waals surface area contributed by atoms with Gasteiger partial charge in [0.2, 0.25) is 0 Å². The summed E-state index contributed by atoms with van der Waals surface area (Å²) < 4.78 is -0.216. The molecule has 0 N–H and O–H groups in total. The number of carbonyl (C=O) groups is 1. The van der Waals surface area contributed by atoms with E-state index in [9.17, 15) is 4.79 Å². The summed E-state index contributed by atoms with van der Waals surface area (Å²) in [5.41, 5.74) is 0. The molecule has 0 aromatic carbocycles. The standard InChI is InChI=1S/C7H4Cl6O/c8-3(1-5(10)11)7(14)4(9)2-6(12)13/h1-4H. The summed E-state index contributed by atoms with van der Waals surface area (Å²) in [4.78, 5) is 11.3. The van der Waals surface area contributed by atoms with Crippen molar-refractivity contribution in [2.45, 2.75) is 10.8 Å². The van der Waals surface area contributed by atoms with E-state index in [4.69, 9.17) is 69.6 Å². The molecule has 2 unspecified atom stereocenters. The second-order valence-corrected chi connectivity index (χ2v) is 5.07. The molecule has 0 saturated carbocycles. The van der Waals surface area contributed by atoms with Crippen LogP contribution in [-0.2, 0) is 4.79 Å². The molecule has 14 heavy (non-hydrogen) atoms. The number of Topliss-reactive ketones (excluding diaryl/α,β-unsaturated/α-hetero) is 1. The fourth-order valence-electron chi connectivity index (χ4n) is 0.538. The Kier molecular flexibility index (Phi) is 7.67. The minimum atomic E-state index is -1.01. The van der Waals surface area contributed by atoms with Gasteiger partial charge in [0.1, 0.15) is 19.7 Å². The number of ketones is 1. The first-order valence-corrected chi connectivity index (χ1v) is 5.60. The largest absolute Gasteiger partial charge is 0.296 e. The number of allylic oxidation sites excluding steroid dienone is 2. The number of carbonyl (C=O) groups excluding carboxylic acids is 1. The first kappa shape index (κ1) is 14.9. The van der Waals surface area contributed by atoms with Crippen LogP contribution in [0.5, 0.6) is 0 Å². The number of halogens is 6. The van der Waals surface area contributed by atoms with Gasteiger partial charge < -0.3 is 0 Å². The van der Waals surface area contributed by atoms with Crippen LogP contribution >= 0.6 is 69.6 Å². The van der Waals surface area contributed by atoms with E-state index in [0.717, 1.165) is 12.2 Å². The Morgan fingerprint density at radius 1 is 0.857 bits per heavy atom. The third kappa shape index (κ3) is 6.39. The first-order valence-electron chi connectivity index (χ1n) is 3.22. The third-order valence-electron chi connectivity index (χ3n) is 1.09. The van der Waals surface area contributed by atoms with Gasteiger partial charge in [-0.15, -0.1) is 23.2 Å². The first-order chi connectivity index (χ1) is 6.34. The van der Waals surface area contributed by atoms with Crippen molar-refractivity contribution in [1.29, 1.82) is 0 Å². The van der Waals surface area contributed by atoms with Crippen LogP contribution < -0.4 is 0 Å². The lowest BCUT2D eigenvalue weighted by molar-refractivity contribution is -0.116. The highest BCUT2D eigenvalue weighted by Gasteiger charge is 2.20. The molecular weight excluding hydrogens is 313 g/mol. The van der Waals surface area contributed by atoms with Gasteiger partial charge in [0.25, 0.3) is 0 Å². The normalized spacial score (nSPS) is 14.1. The summed E-state index contributed by atoms with van der Waals surface area (Å²) in [7, 11) is 0. The Morgan fingerprint density at radius 3 is 1.36 bits per heavy atom. The van der Waals surface area contributed by atoms with Crippen LogP contribution in [0.15, 0.2) is 21.1 Å². The molecule has 1 nitrogen and oxygen atoms in total. The zero-order valence-electron chi connectivity index (χ0n) is 6.49. The molecule has 0 aliphatic heterocycles. The van der Waals surface area contributed by atoms with E-state index in [1.807, 2.05) is 0 Å². The fraction of sp³-hybridized carbons (Fsp3) is 0.286. The average Bonchev–Trinajstić information content (AvgIpc) is 2.00. The van der Waals surface area contributed by atoms with Gasteiger partial charge in [-0.25, -0.2) is 0 Å². The van der Waals surface area contributed by atoms with Gasteiger partial charge in [0, 0.05) is 0 Å². The number of hydrogen-bond acceptors (Lipinski definition) is 1. The second kappa shape index (κ2) is 7.21. The van der Waals surface area contributed by atoms with Gasteiger partial charge in [-0.05, 0) is 12.2 Å². The Hall–Kier alpha value is 0.890. The van der Waals surface area contributed by atoms with Crippen LogP contribution in [0, 0.1) is 0 Å². The Balaban J connectivity index is 4.48. The minimum Gasteiger partial charge on any atom is -0.296 e. The molecule has 0 fully saturated rings. The zero-order valence-corrected chi connectivity index (χ0v) is 11.0. The Morgan fingerprint density at radius 2 is 1.14 bits per heavy atom. The van der Waals surface area contributed by atoms with Crippen molar-refractivity contribution in [3.8, 4) is 0 Å². The highest BCUT2D eigenvalue weighted by Crippen LogP contribution is 2.18. The van der Waals surface area contributed by atoms with Crippen molar-refractivity contribution in [3.05, 3.63) is 21.1 Å². The molecule has 0 bridgehead atoms. The van der Waals surface area contributed by atoms with Crippen LogP contribution in [0.2, 0.25) is 0 Å². The zero-order chi connectivity index (χ0) is 11.3. The monoisotopic (exact) mass is 314 g/mol. The molecular formula is C7H4Cl6O. The molecule has 0 rings (SSSR count). The highest BCUT2D eigenvalue weighted by atomic mass is 35.5. The predicted molar refractivity (Wildman–Crippen MR) is 63.9 cm³/mol. The van der Waals surface area contributed by atoms with Crippen molar-refractivity contribution < 1.29 is 4.79 Å². The number of alkyl halides is 2. The van der Waals surface area contributed by atoms with Crippen LogP contribution in [0.3, 0.4) is 0 Å². The summed E-state index contributed by atoms with van der Waals surface area (Å²) in [5.74, 6) is -0.508. The summed E-state index contributed by atoms with van der Waals surface area (Å²) in [6.45, 7) is 0. The lowest BCUT2D eigenvalue weighted by Crippen LogP contribution is -2.21. The molecule has 0 amide bonds. The third-order valence-corrected chi connectivity index (χ3v) is 2.27. The van der Waals surface area contributed by atoms with Crippen molar-refractivity contribution >= 4 is 75.4 Å². The van der Waals surface area contributed by atoms with E-state index in [2.05, 4.69) is 0 Å².